The van der Waals surface area contributed by atoms with Crippen LogP contribution in [0, 0.1) is 22.7 Å². The maximum Gasteiger partial charge on any atom is 0.145 e. The number of hydrogen-bond donors (Lipinski definition) is 0. The Labute approximate surface area is 128 Å². The molecule has 4 nitrogen and oxygen atoms in total. The molecule has 0 bridgehead atoms. The van der Waals surface area contributed by atoms with E-state index < -0.39 is 0 Å². The maximum absolute atomic E-state index is 12.5. The fourth-order valence-corrected chi connectivity index (χ4v) is 3.53. The second-order valence-corrected chi connectivity index (χ2v) is 8.67. The van der Waals surface area contributed by atoms with Gasteiger partial charge in [-0.25, -0.2) is 0 Å². The molecule has 2 rings (SSSR count). The van der Waals surface area contributed by atoms with Crippen molar-refractivity contribution >= 4 is 11.6 Å². The summed E-state index contributed by atoms with van der Waals surface area (Å²) < 4.78 is 0. The minimum Gasteiger partial charge on any atom is -0.305 e. The third-order valence-electron chi connectivity index (χ3n) is 4.79. The van der Waals surface area contributed by atoms with Gasteiger partial charge in [0.2, 0.25) is 0 Å². The van der Waals surface area contributed by atoms with Gasteiger partial charge in [-0.15, -0.1) is 0 Å². The number of rotatable bonds is 5. The minimum atomic E-state index is -0.304. The lowest BCUT2D eigenvalue weighted by Gasteiger charge is -2.46. The van der Waals surface area contributed by atoms with Crippen molar-refractivity contribution in [3.63, 3.8) is 0 Å². The molecule has 21 heavy (non-hydrogen) atoms. The monoisotopic (exact) mass is 294 g/mol. The number of nitrogens with zero attached hydrogens (tertiary/aromatic N) is 2. The summed E-state index contributed by atoms with van der Waals surface area (Å²) in [5.41, 5.74) is -0.555. The van der Waals surface area contributed by atoms with E-state index in [-0.39, 0.29) is 22.7 Å². The molecule has 2 saturated heterocycles. The van der Waals surface area contributed by atoms with Crippen molar-refractivity contribution < 1.29 is 9.59 Å². The number of ketones is 2. The zero-order chi connectivity index (χ0) is 16.0. The predicted molar refractivity (Wildman–Crippen MR) is 84.2 cm³/mol. The summed E-state index contributed by atoms with van der Waals surface area (Å²) in [6.07, 6.45) is 0. The molecule has 2 aliphatic rings. The van der Waals surface area contributed by atoms with Crippen LogP contribution in [0.25, 0.3) is 0 Å². The Hall–Kier alpha value is -0.740. The first-order chi connectivity index (χ1) is 9.50. The number of likely N-dealkylation sites (tertiary alicyclic amines) is 2. The van der Waals surface area contributed by atoms with Gasteiger partial charge in [-0.05, 0) is 7.05 Å². The number of hydrogen-bond acceptors (Lipinski definition) is 4. The lowest BCUT2D eigenvalue weighted by molar-refractivity contribution is -0.141. The maximum atomic E-state index is 12.5. The van der Waals surface area contributed by atoms with E-state index in [1.165, 1.54) is 0 Å². The molecule has 0 aromatic carbocycles. The summed E-state index contributed by atoms with van der Waals surface area (Å²) in [4.78, 5) is 29.2. The molecule has 0 radical (unpaired) electrons. The van der Waals surface area contributed by atoms with E-state index in [1.54, 1.807) is 0 Å². The van der Waals surface area contributed by atoms with E-state index in [0.717, 1.165) is 32.7 Å². The SMILES string of the molecule is CN1CC(C(=O)C(C)(C)CN2CC(C(=O)C(C)(C)C)C2)C1. The van der Waals surface area contributed by atoms with E-state index in [2.05, 4.69) is 16.8 Å². The molecule has 0 N–H and O–H groups in total. The van der Waals surface area contributed by atoms with Crippen LogP contribution in [0.2, 0.25) is 0 Å². The van der Waals surface area contributed by atoms with E-state index in [4.69, 9.17) is 0 Å². The highest BCUT2D eigenvalue weighted by atomic mass is 16.1. The Morgan fingerprint density at radius 1 is 0.905 bits per heavy atom. The molecular formula is C17H30N2O2. The first kappa shape index (κ1) is 16.6. The zero-order valence-corrected chi connectivity index (χ0v) is 14.4. The van der Waals surface area contributed by atoms with Gasteiger partial charge in [0, 0.05) is 55.4 Å². The second-order valence-electron chi connectivity index (χ2n) is 8.67. The topological polar surface area (TPSA) is 40.6 Å². The second kappa shape index (κ2) is 5.47. The zero-order valence-electron chi connectivity index (χ0n) is 14.4. The van der Waals surface area contributed by atoms with Gasteiger partial charge in [-0.1, -0.05) is 34.6 Å². The Bertz CT molecular complexity index is 425. The summed E-state index contributed by atoms with van der Waals surface area (Å²) in [5.74, 6) is 1.10. The van der Waals surface area contributed by atoms with Gasteiger partial charge >= 0.3 is 0 Å². The molecule has 0 aromatic rings. The number of carbonyl (C=O) groups excluding carboxylic acids is 2. The third-order valence-corrected chi connectivity index (χ3v) is 4.79. The molecule has 0 aliphatic carbocycles. The lowest BCUT2D eigenvalue weighted by atomic mass is 9.75. The van der Waals surface area contributed by atoms with Gasteiger partial charge in [-0.3, -0.25) is 9.59 Å². The van der Waals surface area contributed by atoms with E-state index in [0.29, 0.717) is 11.6 Å². The first-order valence-corrected chi connectivity index (χ1v) is 8.00. The van der Waals surface area contributed by atoms with Crippen molar-refractivity contribution in [1.29, 1.82) is 0 Å². The van der Waals surface area contributed by atoms with Crippen molar-refractivity contribution in [2.24, 2.45) is 22.7 Å². The van der Waals surface area contributed by atoms with Crippen LogP contribution in [0.15, 0.2) is 0 Å². The van der Waals surface area contributed by atoms with Crippen LogP contribution < -0.4 is 0 Å². The Morgan fingerprint density at radius 3 is 1.81 bits per heavy atom. The molecule has 4 heteroatoms. The van der Waals surface area contributed by atoms with Crippen LogP contribution in [0.4, 0.5) is 0 Å². The van der Waals surface area contributed by atoms with E-state index in [1.807, 2.05) is 34.6 Å². The molecule has 120 valence electrons. The highest BCUT2D eigenvalue weighted by Crippen LogP contribution is 2.32. The summed E-state index contributed by atoms with van der Waals surface area (Å²) in [5, 5.41) is 0. The lowest BCUT2D eigenvalue weighted by Crippen LogP contribution is -2.58. The van der Waals surface area contributed by atoms with Gasteiger partial charge in [0.1, 0.15) is 11.6 Å². The van der Waals surface area contributed by atoms with Gasteiger partial charge in [0.25, 0.3) is 0 Å². The minimum absolute atomic E-state index is 0.158. The Balaban J connectivity index is 1.81. The van der Waals surface area contributed by atoms with Crippen LogP contribution in [0.1, 0.15) is 34.6 Å². The summed E-state index contributed by atoms with van der Waals surface area (Å²) in [6, 6.07) is 0. The summed E-state index contributed by atoms with van der Waals surface area (Å²) >= 11 is 0. The van der Waals surface area contributed by atoms with Crippen LogP contribution in [0.5, 0.6) is 0 Å². The summed E-state index contributed by atoms with van der Waals surface area (Å²) in [6.45, 7) is 14.3. The molecule has 2 heterocycles. The van der Waals surface area contributed by atoms with Crippen molar-refractivity contribution in [1.82, 2.24) is 9.80 Å². The Morgan fingerprint density at radius 2 is 1.38 bits per heavy atom. The van der Waals surface area contributed by atoms with Gasteiger partial charge in [0.05, 0.1) is 0 Å². The Kier molecular flexibility index (Phi) is 4.33. The van der Waals surface area contributed by atoms with E-state index in [9.17, 15) is 9.59 Å². The molecule has 2 fully saturated rings. The highest BCUT2D eigenvalue weighted by molar-refractivity contribution is 5.88. The molecular weight excluding hydrogens is 264 g/mol. The number of carbonyl (C=O) groups is 2. The van der Waals surface area contributed by atoms with Crippen molar-refractivity contribution in [3.05, 3.63) is 0 Å². The molecule has 0 atom stereocenters. The molecule has 0 spiro atoms. The quantitative estimate of drug-likeness (QED) is 0.774. The van der Waals surface area contributed by atoms with E-state index >= 15 is 0 Å². The molecule has 0 amide bonds. The molecule has 0 unspecified atom stereocenters. The number of Topliss-reactive ketones (excluding diaryl/α,β-unsaturated/α-hetero) is 2. The van der Waals surface area contributed by atoms with Crippen LogP contribution in [0.3, 0.4) is 0 Å². The van der Waals surface area contributed by atoms with Crippen molar-refractivity contribution in [3.8, 4) is 0 Å². The molecule has 0 aromatic heterocycles. The van der Waals surface area contributed by atoms with Crippen LogP contribution in [-0.4, -0.2) is 61.1 Å². The predicted octanol–water partition coefficient (Wildman–Crippen LogP) is 1.69. The fraction of sp³-hybridized carbons (Fsp3) is 0.882. The van der Waals surface area contributed by atoms with Crippen molar-refractivity contribution in [2.75, 3.05) is 39.8 Å². The van der Waals surface area contributed by atoms with Crippen LogP contribution in [-0.2, 0) is 9.59 Å². The first-order valence-electron chi connectivity index (χ1n) is 8.00. The fourth-order valence-electron chi connectivity index (χ4n) is 3.53. The van der Waals surface area contributed by atoms with Gasteiger partial charge < -0.3 is 9.80 Å². The van der Waals surface area contributed by atoms with Gasteiger partial charge in [-0.2, -0.15) is 0 Å². The van der Waals surface area contributed by atoms with Gasteiger partial charge in [0.15, 0.2) is 0 Å². The summed E-state index contributed by atoms with van der Waals surface area (Å²) in [7, 11) is 2.05. The standard InChI is InChI=1S/C17H30N2O2/c1-16(2,3)14(20)13-9-19(10-13)11-17(4,5)15(21)12-7-18(6)8-12/h12-13H,7-11H2,1-6H3. The average Bonchev–Trinajstić information content (AvgIpc) is 2.26. The smallest absolute Gasteiger partial charge is 0.145 e. The molecule has 2 aliphatic heterocycles. The average molecular weight is 294 g/mol. The van der Waals surface area contributed by atoms with Crippen molar-refractivity contribution in [2.45, 2.75) is 34.6 Å². The van der Waals surface area contributed by atoms with Crippen LogP contribution >= 0.6 is 0 Å². The highest BCUT2D eigenvalue weighted by Gasteiger charge is 2.43. The third kappa shape index (κ3) is 3.54. The normalized spacial score (nSPS) is 22.8. The largest absolute Gasteiger partial charge is 0.305 e. The molecule has 0 saturated carbocycles.